The minimum Gasteiger partial charge on any atom is -0.489 e. The van der Waals surface area contributed by atoms with Gasteiger partial charge < -0.3 is 15.4 Å². The average Bonchev–Trinajstić information content (AvgIpc) is 2.70. The summed E-state index contributed by atoms with van der Waals surface area (Å²) < 4.78 is 19.2. The van der Waals surface area contributed by atoms with Gasteiger partial charge in [0.15, 0.2) is 0 Å². The van der Waals surface area contributed by atoms with Crippen molar-refractivity contribution in [1.82, 2.24) is 0 Å². The van der Waals surface area contributed by atoms with E-state index in [4.69, 9.17) is 4.74 Å². The molecule has 0 saturated carbocycles. The topological polar surface area (TPSA) is 50.4 Å². The van der Waals surface area contributed by atoms with Gasteiger partial charge >= 0.3 is 0 Å². The molecule has 3 aromatic carbocycles. The number of nitrogens with one attached hydrogen (secondary N) is 2. The standard InChI is InChI=1S/C22H21FN2O2/c23-20-8-4-5-9-21(20)24-15-14-22(26)25-18-10-12-19(13-11-18)27-16-17-6-2-1-3-7-17/h1-13,24H,14-16H2,(H,25,26). The Morgan fingerprint density at radius 1 is 0.889 bits per heavy atom. The second-order valence-corrected chi connectivity index (χ2v) is 6.00. The molecule has 0 atom stereocenters. The number of amides is 1. The molecule has 3 rings (SSSR count). The number of hydrogen-bond donors (Lipinski definition) is 2. The predicted molar refractivity (Wildman–Crippen MR) is 105 cm³/mol. The van der Waals surface area contributed by atoms with Crippen LogP contribution in [0.3, 0.4) is 0 Å². The van der Waals surface area contributed by atoms with Crippen LogP contribution in [0.1, 0.15) is 12.0 Å². The number of carbonyl (C=O) groups is 1. The Balaban J connectivity index is 1.42. The molecule has 0 heterocycles. The average molecular weight is 364 g/mol. The molecule has 0 saturated heterocycles. The van der Waals surface area contributed by atoms with E-state index in [9.17, 15) is 9.18 Å². The van der Waals surface area contributed by atoms with Gasteiger partial charge in [0.25, 0.3) is 0 Å². The summed E-state index contributed by atoms with van der Waals surface area (Å²) in [6.07, 6.45) is 0.237. The molecule has 2 N–H and O–H groups in total. The van der Waals surface area contributed by atoms with E-state index in [0.29, 0.717) is 24.5 Å². The SMILES string of the molecule is O=C(CCNc1ccccc1F)Nc1ccc(OCc2ccccc2)cc1. The zero-order valence-corrected chi connectivity index (χ0v) is 14.8. The molecule has 0 aliphatic rings. The lowest BCUT2D eigenvalue weighted by molar-refractivity contribution is -0.115. The number of carbonyl (C=O) groups excluding carboxylic acids is 1. The van der Waals surface area contributed by atoms with Crippen LogP contribution in [0.2, 0.25) is 0 Å². The first-order valence-electron chi connectivity index (χ1n) is 8.76. The summed E-state index contributed by atoms with van der Waals surface area (Å²) in [6, 6.07) is 23.5. The van der Waals surface area contributed by atoms with E-state index >= 15 is 0 Å². The number of ether oxygens (including phenoxy) is 1. The van der Waals surface area contributed by atoms with Crippen molar-refractivity contribution in [2.24, 2.45) is 0 Å². The number of para-hydroxylation sites is 1. The fourth-order valence-electron chi connectivity index (χ4n) is 2.51. The van der Waals surface area contributed by atoms with Gasteiger partial charge in [-0.15, -0.1) is 0 Å². The third-order valence-electron chi connectivity index (χ3n) is 3.93. The highest BCUT2D eigenvalue weighted by Gasteiger charge is 2.04. The minimum atomic E-state index is -0.330. The van der Waals surface area contributed by atoms with E-state index in [1.54, 1.807) is 30.3 Å². The molecule has 0 aromatic heterocycles. The van der Waals surface area contributed by atoms with E-state index in [0.717, 1.165) is 11.3 Å². The number of rotatable bonds is 8. The van der Waals surface area contributed by atoms with E-state index in [1.165, 1.54) is 6.07 Å². The summed E-state index contributed by atoms with van der Waals surface area (Å²) >= 11 is 0. The zero-order valence-electron chi connectivity index (χ0n) is 14.8. The van der Waals surface area contributed by atoms with Gasteiger partial charge in [-0.3, -0.25) is 4.79 Å². The fraction of sp³-hybridized carbons (Fsp3) is 0.136. The molecule has 0 aliphatic carbocycles. The molecular formula is C22H21FN2O2. The van der Waals surface area contributed by atoms with Crippen molar-refractivity contribution >= 4 is 17.3 Å². The van der Waals surface area contributed by atoms with E-state index < -0.39 is 0 Å². The molecule has 3 aromatic rings. The lowest BCUT2D eigenvalue weighted by Gasteiger charge is -2.09. The number of anilines is 2. The Bertz CT molecular complexity index is 867. The van der Waals surface area contributed by atoms with E-state index in [1.807, 2.05) is 42.5 Å². The molecule has 1 amide bonds. The van der Waals surface area contributed by atoms with Gasteiger partial charge in [0.1, 0.15) is 18.2 Å². The Morgan fingerprint density at radius 2 is 1.59 bits per heavy atom. The zero-order chi connectivity index (χ0) is 18.9. The lowest BCUT2D eigenvalue weighted by atomic mass is 10.2. The Hall–Kier alpha value is -3.34. The molecule has 27 heavy (non-hydrogen) atoms. The summed E-state index contributed by atoms with van der Waals surface area (Å²) in [7, 11) is 0. The van der Waals surface area contributed by atoms with Crippen molar-refractivity contribution in [2.45, 2.75) is 13.0 Å². The highest BCUT2D eigenvalue weighted by atomic mass is 19.1. The van der Waals surface area contributed by atoms with Crippen LogP contribution in [0.25, 0.3) is 0 Å². The smallest absolute Gasteiger partial charge is 0.226 e. The number of benzene rings is 3. The first-order valence-corrected chi connectivity index (χ1v) is 8.76. The van der Waals surface area contributed by atoms with Crippen LogP contribution in [-0.4, -0.2) is 12.5 Å². The molecule has 5 heteroatoms. The maximum Gasteiger partial charge on any atom is 0.226 e. The van der Waals surface area contributed by atoms with Crippen LogP contribution in [0, 0.1) is 5.82 Å². The van der Waals surface area contributed by atoms with Crippen LogP contribution in [0.4, 0.5) is 15.8 Å². The normalized spacial score (nSPS) is 10.3. The van der Waals surface area contributed by atoms with Gasteiger partial charge in [-0.1, -0.05) is 42.5 Å². The molecule has 0 unspecified atom stereocenters. The Kier molecular flexibility index (Phi) is 6.41. The van der Waals surface area contributed by atoms with Gasteiger partial charge in [0.2, 0.25) is 5.91 Å². The van der Waals surface area contributed by atoms with Crippen molar-refractivity contribution in [3.63, 3.8) is 0 Å². The van der Waals surface area contributed by atoms with Crippen molar-refractivity contribution in [2.75, 3.05) is 17.2 Å². The predicted octanol–water partition coefficient (Wildman–Crippen LogP) is 4.85. The summed E-state index contributed by atoms with van der Waals surface area (Å²) in [5.74, 6) is 0.263. The van der Waals surface area contributed by atoms with Crippen LogP contribution >= 0.6 is 0 Å². The van der Waals surface area contributed by atoms with E-state index in [2.05, 4.69) is 10.6 Å². The van der Waals surface area contributed by atoms with Crippen molar-refractivity contribution < 1.29 is 13.9 Å². The maximum absolute atomic E-state index is 13.5. The summed E-state index contributed by atoms with van der Waals surface area (Å²) in [5.41, 5.74) is 2.18. The van der Waals surface area contributed by atoms with Crippen molar-refractivity contribution in [3.05, 3.63) is 90.2 Å². The van der Waals surface area contributed by atoms with Gasteiger partial charge in [-0.05, 0) is 42.0 Å². The van der Waals surface area contributed by atoms with E-state index in [-0.39, 0.29) is 18.1 Å². The summed E-state index contributed by atoms with van der Waals surface area (Å²) in [4.78, 5) is 12.0. The number of halogens is 1. The van der Waals surface area contributed by atoms with Crippen molar-refractivity contribution in [1.29, 1.82) is 0 Å². The molecule has 0 bridgehead atoms. The second kappa shape index (κ2) is 9.38. The molecular weight excluding hydrogens is 343 g/mol. The fourth-order valence-corrected chi connectivity index (χ4v) is 2.51. The molecule has 4 nitrogen and oxygen atoms in total. The van der Waals surface area contributed by atoms with Crippen LogP contribution < -0.4 is 15.4 Å². The number of hydrogen-bond acceptors (Lipinski definition) is 3. The highest BCUT2D eigenvalue weighted by Crippen LogP contribution is 2.17. The maximum atomic E-state index is 13.5. The van der Waals surface area contributed by atoms with Gasteiger partial charge in [0, 0.05) is 18.7 Å². The third-order valence-corrected chi connectivity index (χ3v) is 3.93. The molecule has 138 valence electrons. The second-order valence-electron chi connectivity index (χ2n) is 6.00. The minimum absolute atomic E-state index is 0.142. The summed E-state index contributed by atoms with van der Waals surface area (Å²) in [6.45, 7) is 0.847. The third kappa shape index (κ3) is 5.85. The molecule has 0 spiro atoms. The molecule has 0 fully saturated rings. The van der Waals surface area contributed by atoms with Gasteiger partial charge in [-0.25, -0.2) is 4.39 Å². The van der Waals surface area contributed by atoms with Gasteiger partial charge in [0.05, 0.1) is 5.69 Å². The van der Waals surface area contributed by atoms with Crippen LogP contribution in [-0.2, 0) is 11.4 Å². The Morgan fingerprint density at radius 3 is 2.33 bits per heavy atom. The first kappa shape index (κ1) is 18.5. The first-order chi connectivity index (χ1) is 13.2. The van der Waals surface area contributed by atoms with Crippen LogP contribution in [0.15, 0.2) is 78.9 Å². The molecule has 0 aliphatic heterocycles. The lowest BCUT2D eigenvalue weighted by Crippen LogP contribution is -2.16. The largest absolute Gasteiger partial charge is 0.489 e. The Labute approximate surface area is 158 Å². The monoisotopic (exact) mass is 364 g/mol. The summed E-state index contributed by atoms with van der Waals surface area (Å²) in [5, 5.41) is 5.73. The van der Waals surface area contributed by atoms with Crippen molar-refractivity contribution in [3.8, 4) is 5.75 Å². The van der Waals surface area contributed by atoms with Gasteiger partial charge in [-0.2, -0.15) is 0 Å². The van der Waals surface area contributed by atoms with Crippen LogP contribution in [0.5, 0.6) is 5.75 Å². The molecule has 0 radical (unpaired) electrons. The quantitative estimate of drug-likeness (QED) is 0.601. The highest BCUT2D eigenvalue weighted by molar-refractivity contribution is 5.91.